The third-order valence-corrected chi connectivity index (χ3v) is 5.94. The van der Waals surface area contributed by atoms with Gasteiger partial charge in [0.1, 0.15) is 16.5 Å². The van der Waals surface area contributed by atoms with E-state index in [4.69, 9.17) is 17.0 Å². The molecule has 1 aromatic heterocycles. The molecule has 0 bridgehead atoms. The van der Waals surface area contributed by atoms with E-state index in [0.717, 1.165) is 16.9 Å². The molecule has 2 aliphatic heterocycles. The number of carbonyl (C=O) groups excluding carboxylic acids is 1. The maximum atomic E-state index is 12.7. The average molecular weight is 409 g/mol. The van der Waals surface area contributed by atoms with Gasteiger partial charge in [0.15, 0.2) is 0 Å². The highest BCUT2D eigenvalue weighted by Gasteiger charge is 2.32. The van der Waals surface area contributed by atoms with Crippen LogP contribution in [0.15, 0.2) is 30.3 Å². The lowest BCUT2D eigenvalue weighted by molar-refractivity contribution is -0.0401. The van der Waals surface area contributed by atoms with E-state index in [0.29, 0.717) is 55.0 Å². The average Bonchev–Trinajstić information content (AvgIpc) is 2.73. The van der Waals surface area contributed by atoms with Gasteiger partial charge >= 0.3 is 0 Å². The van der Waals surface area contributed by atoms with E-state index in [1.165, 1.54) is 0 Å². The molecule has 1 N–H and O–H groups in total. The highest BCUT2D eigenvalue weighted by atomic mass is 32.1. The maximum Gasteiger partial charge on any atom is 0.253 e. The number of benzene rings is 1. The molecule has 2 aliphatic rings. The van der Waals surface area contributed by atoms with Gasteiger partial charge in [-0.25, -0.2) is 0 Å². The third kappa shape index (κ3) is 3.78. The summed E-state index contributed by atoms with van der Waals surface area (Å²) in [6, 6.07) is 11.6. The minimum atomic E-state index is -0.320. The van der Waals surface area contributed by atoms with Gasteiger partial charge in [0.25, 0.3) is 5.91 Å². The first-order valence-electron chi connectivity index (χ1n) is 9.81. The van der Waals surface area contributed by atoms with Crippen LogP contribution in [0.1, 0.15) is 40.9 Å². The monoisotopic (exact) mass is 408 g/mol. The van der Waals surface area contributed by atoms with E-state index >= 15 is 0 Å². The molecular weight excluding hydrogens is 384 g/mol. The Hall–Kier alpha value is -2.69. The SMILES string of the molecule is CC1(C)Cc2c(c(N3CCN(C(=O)c4ccccc4)CC3)[nH]c(=S)c2C#N)CO1. The second kappa shape index (κ2) is 7.62. The zero-order valence-electron chi connectivity index (χ0n) is 16.7. The van der Waals surface area contributed by atoms with Crippen molar-refractivity contribution in [3.63, 3.8) is 0 Å². The maximum absolute atomic E-state index is 12.7. The topological polar surface area (TPSA) is 72.4 Å². The molecule has 3 heterocycles. The first-order chi connectivity index (χ1) is 13.9. The summed E-state index contributed by atoms with van der Waals surface area (Å²) in [4.78, 5) is 20.1. The molecule has 0 aliphatic carbocycles. The Morgan fingerprint density at radius 2 is 1.86 bits per heavy atom. The van der Waals surface area contributed by atoms with Crippen molar-refractivity contribution < 1.29 is 9.53 Å². The summed E-state index contributed by atoms with van der Waals surface area (Å²) >= 11 is 5.49. The minimum Gasteiger partial charge on any atom is -0.370 e. The number of aromatic nitrogens is 1. The Morgan fingerprint density at radius 3 is 2.52 bits per heavy atom. The van der Waals surface area contributed by atoms with E-state index in [1.807, 2.05) is 49.1 Å². The van der Waals surface area contributed by atoms with Gasteiger partial charge < -0.3 is 19.5 Å². The zero-order valence-corrected chi connectivity index (χ0v) is 17.5. The Balaban J connectivity index is 1.58. The molecule has 1 saturated heterocycles. The Bertz CT molecular complexity index is 1030. The predicted octanol–water partition coefficient (Wildman–Crippen LogP) is 3.43. The standard InChI is InChI=1S/C22H24N4O2S/c1-22(2)12-16-17(13-23)20(29)24-19(18(16)14-28-22)25-8-10-26(11-9-25)21(27)15-6-4-3-5-7-15/h3-7H,8-12,14H2,1-2H3,(H,24,29). The van der Waals surface area contributed by atoms with Crippen LogP contribution >= 0.6 is 12.2 Å². The number of rotatable bonds is 2. The smallest absolute Gasteiger partial charge is 0.253 e. The van der Waals surface area contributed by atoms with Gasteiger partial charge in [0, 0.05) is 43.7 Å². The molecule has 0 radical (unpaired) electrons. The van der Waals surface area contributed by atoms with E-state index < -0.39 is 0 Å². The second-order valence-corrected chi connectivity index (χ2v) is 8.53. The first-order valence-corrected chi connectivity index (χ1v) is 10.2. The number of ether oxygens (including phenoxy) is 1. The van der Waals surface area contributed by atoms with Crippen LogP contribution in [-0.4, -0.2) is 47.6 Å². The number of piperazine rings is 1. The molecule has 7 heteroatoms. The second-order valence-electron chi connectivity index (χ2n) is 8.12. The number of nitriles is 1. The summed E-state index contributed by atoms with van der Waals surface area (Å²) in [6.07, 6.45) is 0.656. The summed E-state index contributed by atoms with van der Waals surface area (Å²) in [5.74, 6) is 0.983. The van der Waals surface area contributed by atoms with Crippen LogP contribution in [0.2, 0.25) is 0 Å². The Labute approximate surface area is 175 Å². The van der Waals surface area contributed by atoms with Crippen LogP contribution in [-0.2, 0) is 17.8 Å². The number of hydrogen-bond acceptors (Lipinski definition) is 5. The lowest BCUT2D eigenvalue weighted by atomic mass is 9.89. The summed E-state index contributed by atoms with van der Waals surface area (Å²) in [7, 11) is 0. The van der Waals surface area contributed by atoms with Gasteiger partial charge in [-0.3, -0.25) is 4.79 Å². The highest BCUT2D eigenvalue weighted by Crippen LogP contribution is 2.35. The van der Waals surface area contributed by atoms with Crippen molar-refractivity contribution in [2.24, 2.45) is 0 Å². The normalized spacial score (nSPS) is 18.1. The molecule has 6 nitrogen and oxygen atoms in total. The van der Waals surface area contributed by atoms with Crippen molar-refractivity contribution in [3.05, 3.63) is 57.2 Å². The number of amides is 1. The Kier molecular flexibility index (Phi) is 5.15. The number of H-pyrrole nitrogens is 1. The van der Waals surface area contributed by atoms with Gasteiger partial charge in [0.05, 0.1) is 17.8 Å². The van der Waals surface area contributed by atoms with Crippen LogP contribution in [0, 0.1) is 16.0 Å². The fourth-order valence-corrected chi connectivity index (χ4v) is 4.32. The number of aromatic amines is 1. The van der Waals surface area contributed by atoms with E-state index in [2.05, 4.69) is 16.0 Å². The van der Waals surface area contributed by atoms with Crippen LogP contribution < -0.4 is 4.90 Å². The van der Waals surface area contributed by atoms with Gasteiger partial charge in [-0.2, -0.15) is 5.26 Å². The molecule has 0 unspecified atom stereocenters. The third-order valence-electron chi connectivity index (χ3n) is 5.64. The zero-order chi connectivity index (χ0) is 20.6. The lowest BCUT2D eigenvalue weighted by Gasteiger charge is -2.39. The van der Waals surface area contributed by atoms with Crippen molar-refractivity contribution in [1.82, 2.24) is 9.88 Å². The number of fused-ring (bicyclic) bond motifs is 1. The predicted molar refractivity (Wildman–Crippen MR) is 113 cm³/mol. The van der Waals surface area contributed by atoms with Crippen LogP contribution in [0.3, 0.4) is 0 Å². The van der Waals surface area contributed by atoms with Crippen LogP contribution in [0.4, 0.5) is 5.82 Å². The molecule has 4 rings (SSSR count). The van der Waals surface area contributed by atoms with Crippen molar-refractivity contribution in [1.29, 1.82) is 5.26 Å². The number of anilines is 1. The number of nitrogens with zero attached hydrogens (tertiary/aromatic N) is 3. The molecule has 1 aromatic carbocycles. The van der Waals surface area contributed by atoms with Crippen molar-refractivity contribution >= 4 is 23.9 Å². The fraction of sp³-hybridized carbons (Fsp3) is 0.409. The number of pyridine rings is 1. The molecule has 1 amide bonds. The van der Waals surface area contributed by atoms with E-state index in [9.17, 15) is 10.1 Å². The largest absolute Gasteiger partial charge is 0.370 e. The summed E-state index contributed by atoms with van der Waals surface area (Å²) in [6.45, 7) is 7.18. The molecular formula is C22H24N4O2S. The van der Waals surface area contributed by atoms with Crippen LogP contribution in [0.25, 0.3) is 0 Å². The number of hydrogen-bond donors (Lipinski definition) is 1. The molecule has 150 valence electrons. The highest BCUT2D eigenvalue weighted by molar-refractivity contribution is 7.71. The van der Waals surface area contributed by atoms with E-state index in [-0.39, 0.29) is 11.5 Å². The quantitative estimate of drug-likeness (QED) is 0.771. The van der Waals surface area contributed by atoms with Crippen LogP contribution in [0.5, 0.6) is 0 Å². The summed E-state index contributed by atoms with van der Waals surface area (Å²) < 4.78 is 6.50. The molecule has 0 saturated carbocycles. The summed E-state index contributed by atoms with van der Waals surface area (Å²) in [5.41, 5.74) is 2.95. The number of nitrogens with one attached hydrogen (secondary N) is 1. The molecule has 1 fully saturated rings. The Morgan fingerprint density at radius 1 is 1.17 bits per heavy atom. The van der Waals surface area contributed by atoms with Crippen molar-refractivity contribution in [3.8, 4) is 6.07 Å². The molecule has 2 aromatic rings. The molecule has 0 spiro atoms. The lowest BCUT2D eigenvalue weighted by Crippen LogP contribution is -2.49. The minimum absolute atomic E-state index is 0.0603. The van der Waals surface area contributed by atoms with Crippen molar-refractivity contribution in [2.45, 2.75) is 32.5 Å². The van der Waals surface area contributed by atoms with Gasteiger partial charge in [-0.05, 0) is 31.5 Å². The molecule has 0 atom stereocenters. The number of carbonyl (C=O) groups is 1. The van der Waals surface area contributed by atoms with Gasteiger partial charge in [0.2, 0.25) is 0 Å². The van der Waals surface area contributed by atoms with E-state index in [1.54, 1.807) is 0 Å². The first kappa shape index (κ1) is 19.6. The fourth-order valence-electron chi connectivity index (χ4n) is 4.06. The van der Waals surface area contributed by atoms with Gasteiger partial charge in [-0.1, -0.05) is 30.4 Å². The van der Waals surface area contributed by atoms with Crippen molar-refractivity contribution in [2.75, 3.05) is 31.1 Å². The molecule has 29 heavy (non-hydrogen) atoms. The van der Waals surface area contributed by atoms with Gasteiger partial charge in [-0.15, -0.1) is 0 Å². The summed E-state index contributed by atoms with van der Waals surface area (Å²) in [5, 5.41) is 9.61.